The second-order valence-electron chi connectivity index (χ2n) is 4.43. The van der Waals surface area contributed by atoms with Gasteiger partial charge < -0.3 is 18.9 Å². The Morgan fingerprint density at radius 3 is 1.33 bits per heavy atom. The van der Waals surface area contributed by atoms with Crippen LogP contribution in [0.25, 0.3) is 10.8 Å². The highest BCUT2D eigenvalue weighted by Crippen LogP contribution is 2.25. The summed E-state index contributed by atoms with van der Waals surface area (Å²) in [5, 5.41) is 1.31. The van der Waals surface area contributed by atoms with Crippen LogP contribution in [-0.2, 0) is 28.7 Å². The first-order chi connectivity index (χ1) is 11.4. The van der Waals surface area contributed by atoms with E-state index in [1.165, 1.54) is 24.3 Å². The zero-order valence-corrected chi connectivity index (χ0v) is 12.7. The highest BCUT2D eigenvalue weighted by Gasteiger charge is 2.18. The van der Waals surface area contributed by atoms with Gasteiger partial charge in [0.15, 0.2) is 0 Å². The topological polar surface area (TPSA) is 105 Å². The summed E-state index contributed by atoms with van der Waals surface area (Å²) in [6.07, 6.45) is 0. The summed E-state index contributed by atoms with van der Waals surface area (Å²) in [6.45, 7) is 0. The van der Waals surface area contributed by atoms with Crippen LogP contribution in [0.15, 0.2) is 36.4 Å². The molecular formula is C16H12O8. The van der Waals surface area contributed by atoms with Gasteiger partial charge in [-0.05, 0) is 35.0 Å². The van der Waals surface area contributed by atoms with Crippen LogP contribution >= 0.6 is 0 Å². The monoisotopic (exact) mass is 332 g/mol. The molecule has 0 bridgehead atoms. The third kappa shape index (κ3) is 3.86. The SMILES string of the molecule is COC(=O)C(=O)Oc1ccc2cc(OC(=O)C(=O)OC)ccc2c1. The highest BCUT2D eigenvalue weighted by molar-refractivity contribution is 6.30. The van der Waals surface area contributed by atoms with Crippen molar-refractivity contribution in [3.05, 3.63) is 36.4 Å². The van der Waals surface area contributed by atoms with Crippen molar-refractivity contribution in [2.24, 2.45) is 0 Å². The molecule has 2 aromatic rings. The number of fused-ring (bicyclic) bond motifs is 1. The second kappa shape index (κ2) is 7.23. The number of ether oxygens (including phenoxy) is 4. The van der Waals surface area contributed by atoms with Gasteiger partial charge in [0.2, 0.25) is 0 Å². The summed E-state index contributed by atoms with van der Waals surface area (Å²) in [4.78, 5) is 44.7. The van der Waals surface area contributed by atoms with E-state index in [4.69, 9.17) is 9.47 Å². The van der Waals surface area contributed by atoms with Crippen molar-refractivity contribution in [1.82, 2.24) is 0 Å². The van der Waals surface area contributed by atoms with E-state index in [1.54, 1.807) is 12.1 Å². The number of methoxy groups -OCH3 is 2. The maximum atomic E-state index is 11.3. The van der Waals surface area contributed by atoms with Crippen LogP contribution in [0.3, 0.4) is 0 Å². The molecule has 0 unspecified atom stereocenters. The molecule has 0 saturated carbocycles. The van der Waals surface area contributed by atoms with Gasteiger partial charge >= 0.3 is 23.9 Å². The van der Waals surface area contributed by atoms with Crippen LogP contribution in [0.4, 0.5) is 0 Å². The summed E-state index contributed by atoms with van der Waals surface area (Å²) >= 11 is 0. The normalized spacial score (nSPS) is 9.92. The van der Waals surface area contributed by atoms with E-state index in [0.29, 0.717) is 10.8 Å². The molecule has 0 aromatic heterocycles. The summed E-state index contributed by atoms with van der Waals surface area (Å²) in [7, 11) is 2.14. The lowest BCUT2D eigenvalue weighted by Crippen LogP contribution is -2.21. The van der Waals surface area contributed by atoms with Gasteiger partial charge in [-0.25, -0.2) is 19.2 Å². The van der Waals surface area contributed by atoms with E-state index >= 15 is 0 Å². The van der Waals surface area contributed by atoms with E-state index in [1.807, 2.05) is 0 Å². The zero-order valence-electron chi connectivity index (χ0n) is 12.7. The minimum atomic E-state index is -1.14. The van der Waals surface area contributed by atoms with Crippen molar-refractivity contribution in [2.45, 2.75) is 0 Å². The predicted molar refractivity (Wildman–Crippen MR) is 79.3 cm³/mol. The molecule has 0 radical (unpaired) electrons. The lowest BCUT2D eigenvalue weighted by atomic mass is 10.1. The van der Waals surface area contributed by atoms with Gasteiger partial charge in [-0.2, -0.15) is 0 Å². The number of hydrogen-bond donors (Lipinski definition) is 0. The maximum absolute atomic E-state index is 11.3. The summed E-state index contributed by atoms with van der Waals surface area (Å²) in [5.41, 5.74) is 0. The van der Waals surface area contributed by atoms with Crippen LogP contribution in [0.5, 0.6) is 11.5 Å². The summed E-state index contributed by atoms with van der Waals surface area (Å²) in [6, 6.07) is 9.11. The van der Waals surface area contributed by atoms with Gasteiger partial charge in [0.25, 0.3) is 0 Å². The number of carbonyl (C=O) groups is 4. The highest BCUT2D eigenvalue weighted by atomic mass is 16.6. The number of benzene rings is 2. The molecular weight excluding hydrogens is 320 g/mol. The Morgan fingerprint density at radius 2 is 1.00 bits per heavy atom. The van der Waals surface area contributed by atoms with Crippen molar-refractivity contribution >= 4 is 34.6 Å². The zero-order chi connectivity index (χ0) is 17.7. The number of carbonyl (C=O) groups excluding carboxylic acids is 4. The van der Waals surface area contributed by atoms with E-state index in [2.05, 4.69) is 9.47 Å². The van der Waals surface area contributed by atoms with Crippen LogP contribution < -0.4 is 9.47 Å². The van der Waals surface area contributed by atoms with Crippen molar-refractivity contribution < 1.29 is 38.1 Å². The fourth-order valence-electron chi connectivity index (χ4n) is 1.79. The Labute approximate surface area is 135 Å². The molecule has 124 valence electrons. The molecule has 0 amide bonds. The number of esters is 4. The fraction of sp³-hybridized carbons (Fsp3) is 0.125. The van der Waals surface area contributed by atoms with E-state index in [9.17, 15) is 19.2 Å². The molecule has 24 heavy (non-hydrogen) atoms. The van der Waals surface area contributed by atoms with E-state index < -0.39 is 23.9 Å². The van der Waals surface area contributed by atoms with Crippen LogP contribution in [0.2, 0.25) is 0 Å². The van der Waals surface area contributed by atoms with Gasteiger partial charge in [0, 0.05) is 0 Å². The van der Waals surface area contributed by atoms with Gasteiger partial charge in [0.1, 0.15) is 11.5 Å². The maximum Gasteiger partial charge on any atom is 0.422 e. The Bertz CT molecular complexity index is 755. The number of hydrogen-bond acceptors (Lipinski definition) is 8. The van der Waals surface area contributed by atoms with Crippen molar-refractivity contribution in [3.63, 3.8) is 0 Å². The average Bonchev–Trinajstić information content (AvgIpc) is 2.60. The van der Waals surface area contributed by atoms with E-state index in [-0.39, 0.29) is 11.5 Å². The quantitative estimate of drug-likeness (QED) is 0.455. The first-order valence-electron chi connectivity index (χ1n) is 6.58. The molecule has 2 rings (SSSR count). The molecule has 8 nitrogen and oxygen atoms in total. The minimum absolute atomic E-state index is 0.150. The van der Waals surface area contributed by atoms with Gasteiger partial charge in [0.05, 0.1) is 14.2 Å². The average molecular weight is 332 g/mol. The molecule has 0 spiro atoms. The Kier molecular flexibility index (Phi) is 5.10. The molecule has 0 heterocycles. The van der Waals surface area contributed by atoms with Crippen LogP contribution in [-0.4, -0.2) is 38.1 Å². The smallest absolute Gasteiger partial charge is 0.422 e. The molecule has 8 heteroatoms. The second-order valence-corrected chi connectivity index (χ2v) is 4.43. The van der Waals surface area contributed by atoms with Gasteiger partial charge in [-0.15, -0.1) is 0 Å². The van der Waals surface area contributed by atoms with Gasteiger partial charge in [-0.3, -0.25) is 0 Å². The predicted octanol–water partition coefficient (Wildman–Crippen LogP) is 0.997. The van der Waals surface area contributed by atoms with Crippen molar-refractivity contribution in [3.8, 4) is 11.5 Å². The van der Waals surface area contributed by atoms with Crippen LogP contribution in [0.1, 0.15) is 0 Å². The lowest BCUT2D eigenvalue weighted by Gasteiger charge is -2.06. The minimum Gasteiger partial charge on any atom is -0.461 e. The van der Waals surface area contributed by atoms with Crippen molar-refractivity contribution in [2.75, 3.05) is 14.2 Å². The third-order valence-electron chi connectivity index (χ3n) is 2.91. The largest absolute Gasteiger partial charge is 0.461 e. The summed E-state index contributed by atoms with van der Waals surface area (Å²) in [5.74, 6) is -4.20. The van der Waals surface area contributed by atoms with Crippen molar-refractivity contribution in [1.29, 1.82) is 0 Å². The van der Waals surface area contributed by atoms with E-state index in [0.717, 1.165) is 14.2 Å². The molecule has 0 aliphatic carbocycles. The lowest BCUT2D eigenvalue weighted by molar-refractivity contribution is -0.160. The molecule has 0 fully saturated rings. The molecule has 0 atom stereocenters. The third-order valence-corrected chi connectivity index (χ3v) is 2.91. The molecule has 0 N–H and O–H groups in total. The fourth-order valence-corrected chi connectivity index (χ4v) is 1.79. The first kappa shape index (κ1) is 16.9. The molecule has 0 aliphatic heterocycles. The van der Waals surface area contributed by atoms with Gasteiger partial charge in [-0.1, -0.05) is 12.1 Å². The molecule has 2 aromatic carbocycles. The Morgan fingerprint density at radius 1 is 0.625 bits per heavy atom. The Hall–Kier alpha value is -3.42. The van der Waals surface area contributed by atoms with Crippen LogP contribution in [0, 0.1) is 0 Å². The standard InChI is InChI=1S/C16H12O8/c1-21-13(17)15(19)23-11-5-3-10-8-12(6-4-9(10)7-11)24-16(20)14(18)22-2/h3-8H,1-2H3. The summed E-state index contributed by atoms with van der Waals surface area (Å²) < 4.78 is 18.2. The number of rotatable bonds is 2. The molecule has 0 saturated heterocycles. The Balaban J connectivity index is 2.19. The molecule has 0 aliphatic rings. The first-order valence-corrected chi connectivity index (χ1v) is 6.58.